The minimum Gasteiger partial charge on any atom is -0.464 e. The Hall–Kier alpha value is -2.13. The van der Waals surface area contributed by atoms with Crippen molar-refractivity contribution in [1.82, 2.24) is 10.3 Å². The lowest BCUT2D eigenvalue weighted by molar-refractivity contribution is 0.561. The summed E-state index contributed by atoms with van der Waals surface area (Å²) in [4.78, 5) is 4.14. The Bertz CT molecular complexity index is 661. The molecule has 0 bridgehead atoms. The van der Waals surface area contributed by atoms with Gasteiger partial charge in [0.1, 0.15) is 5.58 Å². The van der Waals surface area contributed by atoms with E-state index in [1.807, 2.05) is 36.7 Å². The summed E-state index contributed by atoms with van der Waals surface area (Å²) in [6.07, 6.45) is 5.51. The van der Waals surface area contributed by atoms with Crippen molar-refractivity contribution in [3.63, 3.8) is 0 Å². The topological polar surface area (TPSA) is 38.1 Å². The van der Waals surface area contributed by atoms with E-state index in [1.165, 1.54) is 16.5 Å². The van der Waals surface area contributed by atoms with Crippen LogP contribution in [0.3, 0.4) is 0 Å². The van der Waals surface area contributed by atoms with Gasteiger partial charge < -0.3 is 9.73 Å². The highest BCUT2D eigenvalue weighted by molar-refractivity contribution is 5.80. The van der Waals surface area contributed by atoms with E-state index >= 15 is 0 Å². The van der Waals surface area contributed by atoms with Crippen molar-refractivity contribution in [3.05, 3.63) is 66.2 Å². The molecule has 1 unspecified atom stereocenters. The molecule has 1 N–H and O–H groups in total. The third-order valence-corrected chi connectivity index (χ3v) is 3.34. The van der Waals surface area contributed by atoms with Gasteiger partial charge in [0.25, 0.3) is 0 Å². The van der Waals surface area contributed by atoms with Crippen molar-refractivity contribution in [3.8, 4) is 0 Å². The number of furan rings is 1. The highest BCUT2D eigenvalue weighted by Crippen LogP contribution is 2.21. The first-order valence-corrected chi connectivity index (χ1v) is 6.43. The summed E-state index contributed by atoms with van der Waals surface area (Å²) in [7, 11) is 0. The number of hydrogen-bond acceptors (Lipinski definition) is 3. The van der Waals surface area contributed by atoms with Crippen LogP contribution in [0, 0.1) is 0 Å². The van der Waals surface area contributed by atoms with E-state index in [9.17, 15) is 0 Å². The van der Waals surface area contributed by atoms with Crippen LogP contribution in [0.1, 0.15) is 24.1 Å². The maximum absolute atomic E-state index is 5.53. The first kappa shape index (κ1) is 11.9. The van der Waals surface area contributed by atoms with E-state index in [0.717, 1.165) is 12.1 Å². The molecule has 2 heterocycles. The minimum absolute atomic E-state index is 0.266. The largest absolute Gasteiger partial charge is 0.464 e. The predicted molar refractivity (Wildman–Crippen MR) is 75.7 cm³/mol. The summed E-state index contributed by atoms with van der Waals surface area (Å²) in [5, 5.41) is 4.67. The zero-order valence-corrected chi connectivity index (χ0v) is 10.8. The minimum atomic E-state index is 0.266. The van der Waals surface area contributed by atoms with Gasteiger partial charge in [-0.25, -0.2) is 0 Å². The molecule has 0 amide bonds. The van der Waals surface area contributed by atoms with Gasteiger partial charge in [-0.15, -0.1) is 0 Å². The first-order chi connectivity index (χ1) is 9.34. The lowest BCUT2D eigenvalue weighted by Crippen LogP contribution is -2.17. The highest BCUT2D eigenvalue weighted by atomic mass is 16.3. The van der Waals surface area contributed by atoms with Crippen LogP contribution < -0.4 is 5.32 Å². The van der Waals surface area contributed by atoms with Gasteiger partial charge in [-0.2, -0.15) is 0 Å². The molecular formula is C16H16N2O. The highest BCUT2D eigenvalue weighted by Gasteiger charge is 2.08. The number of pyridine rings is 1. The molecule has 0 aliphatic heterocycles. The molecule has 0 radical (unpaired) electrons. The first-order valence-electron chi connectivity index (χ1n) is 6.43. The Morgan fingerprint density at radius 1 is 1.21 bits per heavy atom. The number of para-hydroxylation sites is 1. The molecule has 3 rings (SSSR count). The molecule has 0 fully saturated rings. The van der Waals surface area contributed by atoms with Crippen LogP contribution in [-0.2, 0) is 6.54 Å². The van der Waals surface area contributed by atoms with E-state index in [-0.39, 0.29) is 6.04 Å². The molecule has 1 aromatic carbocycles. The summed E-state index contributed by atoms with van der Waals surface area (Å²) in [5.41, 5.74) is 3.31. The lowest BCUT2D eigenvalue weighted by Gasteiger charge is -2.12. The van der Waals surface area contributed by atoms with Crippen LogP contribution in [0.25, 0.3) is 11.0 Å². The second-order valence-electron chi connectivity index (χ2n) is 4.65. The van der Waals surface area contributed by atoms with Crippen LogP contribution in [0.2, 0.25) is 0 Å². The second-order valence-corrected chi connectivity index (χ2v) is 4.65. The Morgan fingerprint density at radius 2 is 2.11 bits per heavy atom. The Labute approximate surface area is 112 Å². The molecule has 3 nitrogen and oxygen atoms in total. The smallest absolute Gasteiger partial charge is 0.134 e. The van der Waals surface area contributed by atoms with Crippen LogP contribution in [0.5, 0.6) is 0 Å². The van der Waals surface area contributed by atoms with Gasteiger partial charge in [-0.3, -0.25) is 4.98 Å². The van der Waals surface area contributed by atoms with Crippen LogP contribution in [-0.4, -0.2) is 4.98 Å². The van der Waals surface area contributed by atoms with Crippen molar-refractivity contribution in [1.29, 1.82) is 0 Å². The maximum Gasteiger partial charge on any atom is 0.134 e. The van der Waals surface area contributed by atoms with Crippen LogP contribution >= 0.6 is 0 Å². The fourth-order valence-corrected chi connectivity index (χ4v) is 2.18. The zero-order valence-electron chi connectivity index (χ0n) is 10.8. The van der Waals surface area contributed by atoms with Crippen molar-refractivity contribution >= 4 is 11.0 Å². The van der Waals surface area contributed by atoms with E-state index < -0.39 is 0 Å². The van der Waals surface area contributed by atoms with E-state index in [1.54, 1.807) is 6.20 Å². The molecule has 3 heteroatoms. The quantitative estimate of drug-likeness (QED) is 0.769. The van der Waals surface area contributed by atoms with Gasteiger partial charge in [0.05, 0.1) is 6.26 Å². The Kier molecular flexibility index (Phi) is 3.29. The molecule has 0 saturated carbocycles. The molecule has 19 heavy (non-hydrogen) atoms. The molecule has 3 aromatic rings. The molecule has 2 aromatic heterocycles. The summed E-state index contributed by atoms with van der Waals surface area (Å²) in [5.74, 6) is 0. The lowest BCUT2D eigenvalue weighted by atomic mass is 10.1. The van der Waals surface area contributed by atoms with E-state index in [4.69, 9.17) is 4.42 Å². The number of benzene rings is 1. The number of aromatic nitrogens is 1. The zero-order chi connectivity index (χ0) is 13.1. The van der Waals surface area contributed by atoms with Gasteiger partial charge in [0, 0.05) is 35.9 Å². The molecular weight excluding hydrogens is 236 g/mol. The average molecular weight is 252 g/mol. The third kappa shape index (κ3) is 2.51. The van der Waals surface area contributed by atoms with Crippen LogP contribution in [0.15, 0.2) is 59.5 Å². The molecule has 0 aliphatic carbocycles. The molecule has 1 atom stereocenters. The standard InChI is InChI=1S/C16H16N2O/c1-12(13-5-4-8-17-9-13)18-10-14-11-19-16-7-3-2-6-15(14)16/h2-9,11-12,18H,10H2,1H3. The Balaban J connectivity index is 1.73. The molecule has 0 aliphatic rings. The monoisotopic (exact) mass is 252 g/mol. The fourth-order valence-electron chi connectivity index (χ4n) is 2.18. The van der Waals surface area contributed by atoms with Crippen molar-refractivity contribution in [2.45, 2.75) is 19.5 Å². The normalized spacial score (nSPS) is 12.7. The summed E-state index contributed by atoms with van der Waals surface area (Å²) in [6, 6.07) is 12.4. The maximum atomic E-state index is 5.53. The molecule has 0 spiro atoms. The van der Waals surface area contributed by atoms with Crippen LogP contribution in [0.4, 0.5) is 0 Å². The summed E-state index contributed by atoms with van der Waals surface area (Å²) >= 11 is 0. The SMILES string of the molecule is CC(NCc1coc2ccccc12)c1cccnc1. The number of nitrogens with zero attached hydrogens (tertiary/aromatic N) is 1. The van der Waals surface area contributed by atoms with Crippen molar-refractivity contribution in [2.24, 2.45) is 0 Å². The van der Waals surface area contributed by atoms with Crippen molar-refractivity contribution < 1.29 is 4.42 Å². The van der Waals surface area contributed by atoms with E-state index in [0.29, 0.717) is 0 Å². The van der Waals surface area contributed by atoms with Gasteiger partial charge in [0.2, 0.25) is 0 Å². The van der Waals surface area contributed by atoms with Gasteiger partial charge in [0.15, 0.2) is 0 Å². The number of rotatable bonds is 4. The Morgan fingerprint density at radius 3 is 2.95 bits per heavy atom. The predicted octanol–water partition coefficient (Wildman–Crippen LogP) is 3.68. The third-order valence-electron chi connectivity index (χ3n) is 3.34. The fraction of sp³-hybridized carbons (Fsp3) is 0.188. The average Bonchev–Trinajstić information content (AvgIpc) is 2.89. The summed E-state index contributed by atoms with van der Waals surface area (Å²) < 4.78 is 5.53. The summed E-state index contributed by atoms with van der Waals surface area (Å²) in [6.45, 7) is 2.92. The number of hydrogen-bond donors (Lipinski definition) is 1. The van der Waals surface area contributed by atoms with E-state index in [2.05, 4.69) is 29.4 Å². The number of fused-ring (bicyclic) bond motifs is 1. The number of nitrogens with one attached hydrogen (secondary N) is 1. The molecule has 96 valence electrons. The second kappa shape index (κ2) is 5.24. The van der Waals surface area contributed by atoms with Gasteiger partial charge in [-0.1, -0.05) is 24.3 Å². The van der Waals surface area contributed by atoms with Crippen molar-refractivity contribution in [2.75, 3.05) is 0 Å². The van der Waals surface area contributed by atoms with Gasteiger partial charge in [-0.05, 0) is 24.6 Å². The van der Waals surface area contributed by atoms with Gasteiger partial charge >= 0.3 is 0 Å². The molecule has 0 saturated heterocycles.